The van der Waals surface area contributed by atoms with Gasteiger partial charge in [0.2, 0.25) is 0 Å². The number of allylic oxidation sites excluding steroid dienone is 1. The third-order valence-electron chi connectivity index (χ3n) is 2.84. The summed E-state index contributed by atoms with van der Waals surface area (Å²) < 4.78 is 0. The zero-order valence-electron chi connectivity index (χ0n) is 8.41. The highest BCUT2D eigenvalue weighted by atomic mass is 32.1. The predicted octanol–water partition coefficient (Wildman–Crippen LogP) is 3.12. The van der Waals surface area contributed by atoms with Crippen molar-refractivity contribution < 1.29 is 0 Å². The monoisotopic (exact) mass is 207 g/mol. The molecule has 0 aliphatic heterocycles. The van der Waals surface area contributed by atoms with Gasteiger partial charge in [-0.1, -0.05) is 11.6 Å². The Labute approximate surface area is 89.6 Å². The SMILES string of the molecule is NC(Cc1ccsc1)C1=CCCCC1. The molecule has 0 amide bonds. The first-order valence-corrected chi connectivity index (χ1v) is 6.26. The molecule has 0 spiro atoms. The van der Waals surface area contributed by atoms with Crippen molar-refractivity contribution in [1.82, 2.24) is 0 Å². The first-order valence-electron chi connectivity index (χ1n) is 5.32. The Kier molecular flexibility index (Phi) is 3.38. The normalized spacial score (nSPS) is 19.1. The van der Waals surface area contributed by atoms with E-state index in [0.717, 1.165) is 6.42 Å². The quantitative estimate of drug-likeness (QED) is 0.757. The minimum atomic E-state index is 0.255. The van der Waals surface area contributed by atoms with Gasteiger partial charge in [-0.15, -0.1) is 0 Å². The molecule has 0 saturated carbocycles. The van der Waals surface area contributed by atoms with Crippen molar-refractivity contribution in [3.05, 3.63) is 34.0 Å². The fraction of sp³-hybridized carbons (Fsp3) is 0.500. The zero-order chi connectivity index (χ0) is 9.80. The van der Waals surface area contributed by atoms with Crippen molar-refractivity contribution >= 4 is 11.3 Å². The lowest BCUT2D eigenvalue weighted by molar-refractivity contribution is 0.631. The average Bonchev–Trinajstić information content (AvgIpc) is 2.72. The highest BCUT2D eigenvalue weighted by Gasteiger charge is 2.12. The number of hydrogen-bond donors (Lipinski definition) is 1. The number of rotatable bonds is 3. The van der Waals surface area contributed by atoms with Gasteiger partial charge in [0.15, 0.2) is 0 Å². The van der Waals surface area contributed by atoms with Gasteiger partial charge in [0, 0.05) is 6.04 Å². The van der Waals surface area contributed by atoms with Gasteiger partial charge in [0.1, 0.15) is 0 Å². The lowest BCUT2D eigenvalue weighted by atomic mass is 9.91. The second-order valence-electron chi connectivity index (χ2n) is 3.97. The summed E-state index contributed by atoms with van der Waals surface area (Å²) in [4.78, 5) is 0. The van der Waals surface area contributed by atoms with E-state index in [1.54, 1.807) is 11.3 Å². The van der Waals surface area contributed by atoms with Crippen LogP contribution >= 0.6 is 11.3 Å². The van der Waals surface area contributed by atoms with Gasteiger partial charge in [-0.3, -0.25) is 0 Å². The lowest BCUT2D eigenvalue weighted by Crippen LogP contribution is -2.26. The molecule has 0 fully saturated rings. The largest absolute Gasteiger partial charge is 0.324 e. The van der Waals surface area contributed by atoms with Crippen molar-refractivity contribution in [2.45, 2.75) is 38.1 Å². The van der Waals surface area contributed by atoms with Crippen LogP contribution in [0.5, 0.6) is 0 Å². The van der Waals surface area contributed by atoms with Gasteiger partial charge in [-0.25, -0.2) is 0 Å². The van der Waals surface area contributed by atoms with Gasteiger partial charge >= 0.3 is 0 Å². The van der Waals surface area contributed by atoms with Gasteiger partial charge in [0.25, 0.3) is 0 Å². The summed E-state index contributed by atoms with van der Waals surface area (Å²) in [6.45, 7) is 0. The maximum Gasteiger partial charge on any atom is 0.0294 e. The van der Waals surface area contributed by atoms with Gasteiger partial charge in [-0.2, -0.15) is 11.3 Å². The molecule has 1 aromatic heterocycles. The van der Waals surface area contributed by atoms with Crippen LogP contribution in [-0.2, 0) is 6.42 Å². The Morgan fingerprint density at radius 2 is 2.36 bits per heavy atom. The third kappa shape index (κ3) is 2.46. The molecule has 1 unspecified atom stereocenters. The molecule has 0 radical (unpaired) electrons. The van der Waals surface area contributed by atoms with E-state index in [4.69, 9.17) is 5.73 Å². The Hall–Kier alpha value is -0.600. The molecule has 2 rings (SSSR count). The van der Waals surface area contributed by atoms with Crippen LogP contribution in [0.1, 0.15) is 31.2 Å². The van der Waals surface area contributed by atoms with E-state index < -0.39 is 0 Å². The molecular formula is C12H17NS. The fourth-order valence-electron chi connectivity index (χ4n) is 1.99. The number of nitrogens with two attached hydrogens (primary N) is 1. The van der Waals surface area contributed by atoms with Crippen molar-refractivity contribution in [1.29, 1.82) is 0 Å². The highest BCUT2D eigenvalue weighted by molar-refractivity contribution is 7.07. The maximum atomic E-state index is 6.18. The molecular weight excluding hydrogens is 190 g/mol. The molecule has 0 bridgehead atoms. The summed E-state index contributed by atoms with van der Waals surface area (Å²) in [6.07, 6.45) is 8.46. The second-order valence-corrected chi connectivity index (χ2v) is 4.75. The predicted molar refractivity (Wildman–Crippen MR) is 62.5 cm³/mol. The molecule has 1 nitrogen and oxygen atoms in total. The molecule has 1 aliphatic rings. The molecule has 0 saturated heterocycles. The molecule has 1 atom stereocenters. The van der Waals surface area contributed by atoms with Crippen LogP contribution in [0.4, 0.5) is 0 Å². The van der Waals surface area contributed by atoms with Crippen molar-refractivity contribution in [2.24, 2.45) is 5.73 Å². The van der Waals surface area contributed by atoms with E-state index in [9.17, 15) is 0 Å². The zero-order valence-corrected chi connectivity index (χ0v) is 9.22. The van der Waals surface area contributed by atoms with Crippen LogP contribution in [0.2, 0.25) is 0 Å². The van der Waals surface area contributed by atoms with E-state index in [1.807, 2.05) is 0 Å². The minimum absolute atomic E-state index is 0.255. The molecule has 1 aromatic rings. The first-order chi connectivity index (χ1) is 6.86. The Morgan fingerprint density at radius 3 is 3.00 bits per heavy atom. The highest BCUT2D eigenvalue weighted by Crippen LogP contribution is 2.21. The van der Waals surface area contributed by atoms with Crippen molar-refractivity contribution in [3.8, 4) is 0 Å². The maximum absolute atomic E-state index is 6.18. The second kappa shape index (κ2) is 4.76. The van der Waals surface area contributed by atoms with Crippen LogP contribution in [0.25, 0.3) is 0 Å². The Bertz CT molecular complexity index is 300. The van der Waals surface area contributed by atoms with Crippen LogP contribution in [0, 0.1) is 0 Å². The summed E-state index contributed by atoms with van der Waals surface area (Å²) in [5.41, 5.74) is 9.03. The van der Waals surface area contributed by atoms with Gasteiger partial charge in [0.05, 0.1) is 0 Å². The van der Waals surface area contributed by atoms with Crippen molar-refractivity contribution in [2.75, 3.05) is 0 Å². The number of thiophene rings is 1. The van der Waals surface area contributed by atoms with Crippen LogP contribution < -0.4 is 5.73 Å². The topological polar surface area (TPSA) is 26.0 Å². The minimum Gasteiger partial charge on any atom is -0.324 e. The number of hydrogen-bond acceptors (Lipinski definition) is 2. The van der Waals surface area contributed by atoms with Crippen LogP contribution in [-0.4, -0.2) is 6.04 Å². The van der Waals surface area contributed by atoms with Crippen LogP contribution in [0.15, 0.2) is 28.5 Å². The summed E-state index contributed by atoms with van der Waals surface area (Å²) in [5, 5.41) is 4.32. The van der Waals surface area contributed by atoms with Gasteiger partial charge < -0.3 is 5.73 Å². The van der Waals surface area contributed by atoms with E-state index >= 15 is 0 Å². The molecule has 0 aromatic carbocycles. The molecule has 1 aliphatic carbocycles. The van der Waals surface area contributed by atoms with E-state index in [2.05, 4.69) is 22.9 Å². The molecule has 76 valence electrons. The summed E-state index contributed by atoms with van der Waals surface area (Å²) in [5.74, 6) is 0. The molecule has 1 heterocycles. The van der Waals surface area contributed by atoms with Crippen molar-refractivity contribution in [3.63, 3.8) is 0 Å². The van der Waals surface area contributed by atoms with E-state index in [1.165, 1.54) is 36.8 Å². The standard InChI is InChI=1S/C12H17NS/c13-12(8-10-6-7-14-9-10)11-4-2-1-3-5-11/h4,6-7,9,12H,1-3,5,8,13H2. The van der Waals surface area contributed by atoms with E-state index in [0.29, 0.717) is 0 Å². The van der Waals surface area contributed by atoms with Gasteiger partial charge in [-0.05, 0) is 54.5 Å². The first kappa shape index (κ1) is 9.94. The average molecular weight is 207 g/mol. The smallest absolute Gasteiger partial charge is 0.0294 e. The Morgan fingerprint density at radius 1 is 1.43 bits per heavy atom. The lowest BCUT2D eigenvalue weighted by Gasteiger charge is -2.19. The summed E-state index contributed by atoms with van der Waals surface area (Å²) >= 11 is 1.75. The molecule has 2 heteroatoms. The Balaban J connectivity index is 1.95. The third-order valence-corrected chi connectivity index (χ3v) is 3.57. The molecule has 14 heavy (non-hydrogen) atoms. The summed E-state index contributed by atoms with van der Waals surface area (Å²) in [7, 11) is 0. The molecule has 2 N–H and O–H groups in total. The summed E-state index contributed by atoms with van der Waals surface area (Å²) in [6, 6.07) is 2.43. The van der Waals surface area contributed by atoms with E-state index in [-0.39, 0.29) is 6.04 Å². The van der Waals surface area contributed by atoms with Crippen LogP contribution in [0.3, 0.4) is 0 Å². The fourth-order valence-corrected chi connectivity index (χ4v) is 2.68.